The molecule has 1 unspecified atom stereocenters. The first-order chi connectivity index (χ1) is 7.58. The van der Waals surface area contributed by atoms with Gasteiger partial charge in [-0.25, -0.2) is 0 Å². The van der Waals surface area contributed by atoms with Gasteiger partial charge in [0.15, 0.2) is 0 Å². The number of aromatic nitrogens is 1. The van der Waals surface area contributed by atoms with Crippen molar-refractivity contribution < 1.29 is 5.11 Å². The fourth-order valence-electron chi connectivity index (χ4n) is 1.51. The Bertz CT molecular complexity index is 490. The fraction of sp³-hybridized carbons (Fsp3) is 0.250. The average molecular weight is 298 g/mol. The van der Waals surface area contributed by atoms with E-state index >= 15 is 0 Å². The highest BCUT2D eigenvalue weighted by Crippen LogP contribution is 2.34. The van der Waals surface area contributed by atoms with Crippen molar-refractivity contribution in [1.29, 1.82) is 0 Å². The summed E-state index contributed by atoms with van der Waals surface area (Å²) in [6.45, 7) is 3.99. The largest absolute Gasteiger partial charge is 0.383 e. The van der Waals surface area contributed by atoms with E-state index in [0.717, 1.165) is 25.4 Å². The molecule has 1 N–H and O–H groups in total. The van der Waals surface area contributed by atoms with Crippen LogP contribution in [0.25, 0.3) is 0 Å². The predicted molar refractivity (Wildman–Crippen MR) is 69.8 cm³/mol. The minimum atomic E-state index is -0.581. The first-order valence-electron chi connectivity index (χ1n) is 4.93. The number of rotatable bonds is 2. The Balaban J connectivity index is 2.35. The van der Waals surface area contributed by atoms with Crippen LogP contribution in [0.3, 0.4) is 0 Å². The second-order valence-corrected chi connectivity index (χ2v) is 6.21. The Labute approximate surface area is 107 Å². The number of thiophene rings is 1. The maximum absolute atomic E-state index is 10.2. The van der Waals surface area contributed by atoms with Crippen LogP contribution in [0.4, 0.5) is 0 Å². The summed E-state index contributed by atoms with van der Waals surface area (Å²) in [6.07, 6.45) is 2.91. The molecule has 0 aromatic carbocycles. The van der Waals surface area contributed by atoms with Gasteiger partial charge in [0.25, 0.3) is 0 Å². The summed E-state index contributed by atoms with van der Waals surface area (Å²) >= 11 is 5.03. The molecule has 0 bridgehead atoms. The summed E-state index contributed by atoms with van der Waals surface area (Å²) in [4.78, 5) is 5.03. The van der Waals surface area contributed by atoms with E-state index in [4.69, 9.17) is 0 Å². The zero-order chi connectivity index (χ0) is 11.7. The van der Waals surface area contributed by atoms with Crippen LogP contribution in [-0.4, -0.2) is 10.1 Å². The summed E-state index contributed by atoms with van der Waals surface area (Å²) in [7, 11) is 0. The van der Waals surface area contributed by atoms with Crippen molar-refractivity contribution in [2.75, 3.05) is 0 Å². The molecular weight excluding hydrogens is 286 g/mol. The minimum Gasteiger partial charge on any atom is -0.383 e. The Kier molecular flexibility index (Phi) is 3.42. The van der Waals surface area contributed by atoms with E-state index in [1.165, 1.54) is 0 Å². The Morgan fingerprint density at radius 1 is 1.31 bits per heavy atom. The molecule has 2 aromatic rings. The summed E-state index contributed by atoms with van der Waals surface area (Å²) in [6, 6.07) is 3.96. The van der Waals surface area contributed by atoms with E-state index in [1.807, 2.05) is 26.0 Å². The number of aliphatic hydroxyl groups is 1. The van der Waals surface area contributed by atoms with Crippen molar-refractivity contribution in [3.8, 4) is 0 Å². The standard InChI is InChI=1S/C12H12BrNOS/c1-7-3-9(6-14-5-7)11(15)10-4-8(2)12(13)16-10/h3-6,11,15H,1-2H3. The molecule has 0 aliphatic rings. The molecular formula is C12H12BrNOS. The molecule has 2 heterocycles. The smallest absolute Gasteiger partial charge is 0.115 e. The molecule has 16 heavy (non-hydrogen) atoms. The van der Waals surface area contributed by atoms with Crippen LogP contribution >= 0.6 is 27.3 Å². The van der Waals surface area contributed by atoms with Gasteiger partial charge in [-0.15, -0.1) is 11.3 Å². The topological polar surface area (TPSA) is 33.1 Å². The van der Waals surface area contributed by atoms with E-state index < -0.39 is 6.10 Å². The minimum absolute atomic E-state index is 0.581. The number of pyridine rings is 1. The lowest BCUT2D eigenvalue weighted by Crippen LogP contribution is -1.98. The molecule has 2 aromatic heterocycles. The summed E-state index contributed by atoms with van der Waals surface area (Å²) < 4.78 is 1.07. The number of aryl methyl sites for hydroxylation is 2. The van der Waals surface area contributed by atoms with Crippen LogP contribution in [0.5, 0.6) is 0 Å². The Hall–Kier alpha value is -0.710. The lowest BCUT2D eigenvalue weighted by molar-refractivity contribution is 0.223. The van der Waals surface area contributed by atoms with Crippen molar-refractivity contribution >= 4 is 27.3 Å². The molecule has 0 amide bonds. The maximum Gasteiger partial charge on any atom is 0.115 e. The number of halogens is 1. The van der Waals surface area contributed by atoms with Crippen molar-refractivity contribution in [2.45, 2.75) is 20.0 Å². The Morgan fingerprint density at radius 2 is 2.06 bits per heavy atom. The van der Waals surface area contributed by atoms with Gasteiger partial charge in [0, 0.05) is 22.8 Å². The first kappa shape index (κ1) is 11.8. The van der Waals surface area contributed by atoms with E-state index in [1.54, 1.807) is 23.7 Å². The van der Waals surface area contributed by atoms with Crippen LogP contribution < -0.4 is 0 Å². The molecule has 0 spiro atoms. The summed E-state index contributed by atoms with van der Waals surface area (Å²) in [5, 5.41) is 10.2. The Morgan fingerprint density at radius 3 is 2.62 bits per heavy atom. The fourth-order valence-corrected chi connectivity index (χ4v) is 3.10. The van der Waals surface area contributed by atoms with E-state index in [-0.39, 0.29) is 0 Å². The van der Waals surface area contributed by atoms with Gasteiger partial charge in [-0.05, 0) is 47.0 Å². The van der Waals surface area contributed by atoms with Crippen molar-refractivity contribution in [3.05, 3.63) is 49.9 Å². The van der Waals surface area contributed by atoms with Crippen LogP contribution in [0.15, 0.2) is 28.3 Å². The van der Waals surface area contributed by atoms with Gasteiger partial charge in [-0.3, -0.25) is 4.98 Å². The maximum atomic E-state index is 10.2. The predicted octanol–water partition coefficient (Wildman–Crippen LogP) is 3.60. The van der Waals surface area contributed by atoms with Gasteiger partial charge in [0.1, 0.15) is 6.10 Å². The molecule has 0 fully saturated rings. The highest BCUT2D eigenvalue weighted by atomic mass is 79.9. The third-order valence-electron chi connectivity index (χ3n) is 2.36. The lowest BCUT2D eigenvalue weighted by atomic mass is 10.1. The second kappa shape index (κ2) is 4.65. The van der Waals surface area contributed by atoms with Crippen LogP contribution in [0.1, 0.15) is 27.7 Å². The zero-order valence-corrected chi connectivity index (χ0v) is 11.5. The molecule has 0 aliphatic carbocycles. The quantitative estimate of drug-likeness (QED) is 0.919. The van der Waals surface area contributed by atoms with E-state index in [0.29, 0.717) is 0 Å². The summed E-state index contributed by atoms with van der Waals surface area (Å²) in [5.41, 5.74) is 3.05. The normalized spacial score (nSPS) is 12.8. The van der Waals surface area contributed by atoms with Gasteiger partial charge in [-0.1, -0.05) is 6.07 Å². The summed E-state index contributed by atoms with van der Waals surface area (Å²) in [5.74, 6) is 0. The SMILES string of the molecule is Cc1cncc(C(O)c2cc(C)c(Br)s2)c1. The van der Waals surface area contributed by atoms with Crippen LogP contribution in [0, 0.1) is 13.8 Å². The first-order valence-corrected chi connectivity index (χ1v) is 6.54. The molecule has 2 rings (SSSR count). The number of nitrogens with zero attached hydrogens (tertiary/aromatic N) is 1. The van der Waals surface area contributed by atoms with E-state index in [9.17, 15) is 5.11 Å². The van der Waals surface area contributed by atoms with Crippen molar-refractivity contribution in [3.63, 3.8) is 0 Å². The highest BCUT2D eigenvalue weighted by Gasteiger charge is 2.14. The van der Waals surface area contributed by atoms with Crippen molar-refractivity contribution in [1.82, 2.24) is 4.98 Å². The number of aliphatic hydroxyl groups excluding tert-OH is 1. The van der Waals surface area contributed by atoms with Gasteiger partial charge in [-0.2, -0.15) is 0 Å². The average Bonchev–Trinajstić information content (AvgIpc) is 2.58. The third-order valence-corrected chi connectivity index (χ3v) is 4.55. The molecule has 0 aliphatic heterocycles. The van der Waals surface area contributed by atoms with Crippen molar-refractivity contribution in [2.24, 2.45) is 0 Å². The zero-order valence-electron chi connectivity index (χ0n) is 9.07. The monoisotopic (exact) mass is 297 g/mol. The molecule has 0 radical (unpaired) electrons. The van der Waals surface area contributed by atoms with Gasteiger partial charge in [0.05, 0.1) is 3.79 Å². The van der Waals surface area contributed by atoms with Crippen LogP contribution in [0.2, 0.25) is 0 Å². The number of hydrogen-bond donors (Lipinski definition) is 1. The molecule has 84 valence electrons. The second-order valence-electron chi connectivity index (χ2n) is 3.80. The molecule has 2 nitrogen and oxygen atoms in total. The molecule has 4 heteroatoms. The van der Waals surface area contributed by atoms with Gasteiger partial charge < -0.3 is 5.11 Å². The molecule has 1 atom stereocenters. The van der Waals surface area contributed by atoms with Gasteiger partial charge in [0.2, 0.25) is 0 Å². The lowest BCUT2D eigenvalue weighted by Gasteiger charge is -2.08. The molecule has 0 saturated carbocycles. The molecule has 0 saturated heterocycles. The number of hydrogen-bond acceptors (Lipinski definition) is 3. The highest BCUT2D eigenvalue weighted by molar-refractivity contribution is 9.11. The van der Waals surface area contributed by atoms with E-state index in [2.05, 4.69) is 20.9 Å². The van der Waals surface area contributed by atoms with Gasteiger partial charge >= 0.3 is 0 Å². The van der Waals surface area contributed by atoms with Crippen LogP contribution in [-0.2, 0) is 0 Å². The third kappa shape index (κ3) is 2.34.